The first-order valence-electron chi connectivity index (χ1n) is 15.3. The Morgan fingerprint density at radius 1 is 0.773 bits per heavy atom. The molecule has 1 saturated heterocycles. The van der Waals surface area contributed by atoms with E-state index in [4.69, 9.17) is 14.0 Å². The van der Waals surface area contributed by atoms with Gasteiger partial charge < -0.3 is 19.4 Å². The zero-order chi connectivity index (χ0) is 30.5. The van der Waals surface area contributed by atoms with Crippen LogP contribution in [0.2, 0.25) is 0 Å². The summed E-state index contributed by atoms with van der Waals surface area (Å²) in [6.07, 6.45) is 1.62. The average Bonchev–Trinajstić information content (AvgIpc) is 3.46. The quantitative estimate of drug-likeness (QED) is 0.161. The van der Waals surface area contributed by atoms with Crippen LogP contribution < -0.4 is 5.32 Å². The van der Waals surface area contributed by atoms with Gasteiger partial charge in [-0.2, -0.15) is 0 Å². The number of rotatable bonds is 6. The van der Waals surface area contributed by atoms with Gasteiger partial charge in [0.25, 0.3) is 0 Å². The molecule has 5 aromatic rings. The molecule has 0 unspecified atom stereocenters. The Kier molecular flexibility index (Phi) is 7.07. The summed E-state index contributed by atoms with van der Waals surface area (Å²) in [4.78, 5) is 13.2. The number of nitrogens with one attached hydrogen (secondary N) is 1. The predicted molar refractivity (Wildman–Crippen MR) is 179 cm³/mol. The van der Waals surface area contributed by atoms with Crippen molar-refractivity contribution in [3.8, 4) is 11.1 Å². The van der Waals surface area contributed by atoms with Gasteiger partial charge in [0.05, 0.1) is 11.2 Å². The van der Waals surface area contributed by atoms with E-state index < -0.39 is 24.4 Å². The van der Waals surface area contributed by atoms with E-state index in [2.05, 4.69) is 90.3 Å². The van der Waals surface area contributed by atoms with Crippen molar-refractivity contribution in [2.75, 3.05) is 13.2 Å². The van der Waals surface area contributed by atoms with Crippen molar-refractivity contribution in [2.45, 2.75) is 44.8 Å². The maximum atomic E-state index is 13.2. The van der Waals surface area contributed by atoms with Crippen molar-refractivity contribution in [1.29, 1.82) is 0 Å². The fourth-order valence-corrected chi connectivity index (χ4v) is 6.42. The Balaban J connectivity index is 1.16. The van der Waals surface area contributed by atoms with Crippen molar-refractivity contribution in [3.63, 3.8) is 0 Å². The third kappa shape index (κ3) is 4.98. The monoisotopic (exact) mass is 581 g/mol. The highest BCUT2D eigenvalue weighted by Crippen LogP contribution is 2.44. The molecule has 7 rings (SSSR count). The van der Waals surface area contributed by atoms with Crippen molar-refractivity contribution in [2.24, 2.45) is 0 Å². The van der Waals surface area contributed by atoms with Crippen LogP contribution in [-0.2, 0) is 14.0 Å². The van der Waals surface area contributed by atoms with Gasteiger partial charge in [0.2, 0.25) is 0 Å². The van der Waals surface area contributed by atoms with E-state index in [9.17, 15) is 4.79 Å². The minimum atomic E-state index is -0.626. The van der Waals surface area contributed by atoms with E-state index in [1.165, 1.54) is 33.0 Å². The van der Waals surface area contributed by atoms with Gasteiger partial charge >= 0.3 is 13.2 Å². The molecule has 44 heavy (non-hydrogen) atoms. The van der Waals surface area contributed by atoms with Crippen LogP contribution in [0.4, 0.5) is 4.79 Å². The van der Waals surface area contributed by atoms with Gasteiger partial charge in [-0.15, -0.1) is 0 Å². The molecule has 0 saturated carbocycles. The summed E-state index contributed by atoms with van der Waals surface area (Å²) >= 11 is 0. The number of fused-ring (bicyclic) bond motifs is 6. The molecule has 1 aliphatic heterocycles. The lowest BCUT2D eigenvalue weighted by atomic mass is 9.76. The minimum Gasteiger partial charge on any atom is -0.449 e. The van der Waals surface area contributed by atoms with Crippen LogP contribution in [0.5, 0.6) is 0 Å². The summed E-state index contributed by atoms with van der Waals surface area (Å²) in [6, 6.07) is 35.7. The number of carbonyl (C=O) groups excluding carboxylic acids is 1. The fourth-order valence-electron chi connectivity index (χ4n) is 6.42. The van der Waals surface area contributed by atoms with Gasteiger partial charge in [0.1, 0.15) is 6.61 Å². The average molecular weight is 582 g/mol. The molecule has 1 heterocycles. The molecule has 220 valence electrons. The highest BCUT2D eigenvalue weighted by atomic mass is 16.7. The molecule has 1 N–H and O–H groups in total. The van der Waals surface area contributed by atoms with E-state index in [0.29, 0.717) is 0 Å². The van der Waals surface area contributed by atoms with Gasteiger partial charge in [-0.3, -0.25) is 0 Å². The Hall–Kier alpha value is -4.39. The third-order valence-corrected chi connectivity index (χ3v) is 9.48. The second-order valence-corrected chi connectivity index (χ2v) is 12.7. The lowest BCUT2D eigenvalue weighted by Crippen LogP contribution is -2.41. The first kappa shape index (κ1) is 28.4. The smallest absolute Gasteiger partial charge is 0.449 e. The van der Waals surface area contributed by atoms with Crippen LogP contribution in [0.15, 0.2) is 109 Å². The molecule has 1 amide bonds. The Labute approximate surface area is 259 Å². The summed E-state index contributed by atoms with van der Waals surface area (Å²) in [7, 11) is -0.626. The normalized spacial score (nSPS) is 17.1. The van der Waals surface area contributed by atoms with Crippen molar-refractivity contribution in [3.05, 3.63) is 125 Å². The molecule has 0 radical (unpaired) electrons. The summed E-state index contributed by atoms with van der Waals surface area (Å²) in [5, 5.41) is 7.66. The van der Waals surface area contributed by atoms with Gasteiger partial charge in [-0.25, -0.2) is 4.79 Å². The molecular formula is C38H36BNO4. The van der Waals surface area contributed by atoms with Gasteiger partial charge in [0.15, 0.2) is 0 Å². The highest BCUT2D eigenvalue weighted by molar-refractivity contribution is 6.56. The summed E-state index contributed by atoms with van der Waals surface area (Å²) in [6.45, 7) is 8.62. The standard InChI is InChI=1S/C38H36BNO4/c1-37(2)38(3,4)44-39(43-37)27(22-26-21-25-13-5-6-14-28(25)30-16-8-7-15-29(26)30)23-40-36(41)42-24-35-33-19-11-9-17-31(33)32-18-10-12-20-34(32)35/h5-22,35H,23-24H2,1-4H3,(H,40,41). The second kappa shape index (κ2) is 11.0. The molecular weight excluding hydrogens is 545 g/mol. The van der Waals surface area contributed by atoms with Crippen molar-refractivity contribution in [1.82, 2.24) is 5.32 Å². The third-order valence-electron chi connectivity index (χ3n) is 9.48. The van der Waals surface area contributed by atoms with E-state index in [1.807, 2.05) is 52.0 Å². The van der Waals surface area contributed by atoms with Crippen LogP contribution >= 0.6 is 0 Å². The zero-order valence-electron chi connectivity index (χ0n) is 25.6. The Morgan fingerprint density at radius 2 is 1.32 bits per heavy atom. The number of hydrogen-bond donors (Lipinski definition) is 1. The number of ether oxygens (including phenoxy) is 1. The molecule has 0 bridgehead atoms. The number of benzene rings is 5. The maximum Gasteiger partial charge on any atom is 0.492 e. The van der Waals surface area contributed by atoms with Gasteiger partial charge in [-0.1, -0.05) is 103 Å². The molecule has 0 aromatic heterocycles. The minimum absolute atomic E-state index is 0.00442. The lowest BCUT2D eigenvalue weighted by Gasteiger charge is -2.32. The Bertz CT molecular complexity index is 1870. The molecule has 5 aromatic carbocycles. The number of hydrogen-bond acceptors (Lipinski definition) is 4. The highest BCUT2D eigenvalue weighted by Gasteiger charge is 2.52. The number of carbonyl (C=O) groups is 1. The van der Waals surface area contributed by atoms with Crippen LogP contribution in [0.25, 0.3) is 38.7 Å². The Morgan fingerprint density at radius 3 is 1.98 bits per heavy atom. The van der Waals surface area contributed by atoms with Crippen molar-refractivity contribution < 1.29 is 18.8 Å². The summed E-state index contributed by atoms with van der Waals surface area (Å²) in [5.41, 5.74) is 5.58. The van der Waals surface area contributed by atoms with E-state index >= 15 is 0 Å². The second-order valence-electron chi connectivity index (χ2n) is 12.7. The molecule has 0 atom stereocenters. The van der Waals surface area contributed by atoms with Crippen molar-refractivity contribution >= 4 is 40.8 Å². The van der Waals surface area contributed by atoms with Crippen LogP contribution in [0.3, 0.4) is 0 Å². The largest absolute Gasteiger partial charge is 0.492 e. The first-order valence-corrected chi connectivity index (χ1v) is 15.3. The molecule has 5 nitrogen and oxygen atoms in total. The topological polar surface area (TPSA) is 56.8 Å². The predicted octanol–water partition coefficient (Wildman–Crippen LogP) is 8.55. The van der Waals surface area contributed by atoms with E-state index in [0.717, 1.165) is 21.8 Å². The van der Waals surface area contributed by atoms with Crippen LogP contribution in [0.1, 0.15) is 50.3 Å². The number of amides is 1. The fraction of sp³-hybridized carbons (Fsp3) is 0.237. The lowest BCUT2D eigenvalue weighted by molar-refractivity contribution is 0.00578. The molecule has 0 spiro atoms. The SMILES string of the molecule is CC1(C)OB(C(=Cc2cc3ccccc3c3ccccc23)CNC(=O)OCC2c3ccccc3-c3ccccc32)OC1(C)C. The van der Waals surface area contributed by atoms with Crippen LogP contribution in [-0.4, -0.2) is 37.6 Å². The first-order chi connectivity index (χ1) is 21.2. The number of alkyl carbamates (subject to hydrolysis) is 1. The molecule has 2 aliphatic rings. The van der Waals surface area contributed by atoms with E-state index in [1.54, 1.807) is 0 Å². The molecule has 1 aliphatic carbocycles. The van der Waals surface area contributed by atoms with E-state index in [-0.39, 0.29) is 19.1 Å². The summed E-state index contributed by atoms with van der Waals surface area (Å²) < 4.78 is 18.8. The summed E-state index contributed by atoms with van der Waals surface area (Å²) in [5.74, 6) is -0.00442. The zero-order valence-corrected chi connectivity index (χ0v) is 25.6. The maximum absolute atomic E-state index is 13.2. The van der Waals surface area contributed by atoms with Gasteiger partial charge in [-0.05, 0) is 88.6 Å². The van der Waals surface area contributed by atoms with Gasteiger partial charge in [0, 0.05) is 12.5 Å². The molecule has 1 fully saturated rings. The van der Waals surface area contributed by atoms with Crippen LogP contribution in [0, 0.1) is 0 Å². The molecule has 6 heteroatoms.